The number of ketones is 1. The van der Waals surface area contributed by atoms with E-state index < -0.39 is 34.8 Å². The van der Waals surface area contributed by atoms with Crippen LogP contribution in [-0.2, 0) is 32.3 Å². The third-order valence-corrected chi connectivity index (χ3v) is 6.24. The first kappa shape index (κ1) is 31.2. The van der Waals surface area contributed by atoms with Crippen LogP contribution in [0.25, 0.3) is 0 Å². The molecule has 0 saturated carbocycles. The zero-order valence-corrected chi connectivity index (χ0v) is 23.7. The number of anilines is 1. The molecule has 5 N–H and O–H groups in total. The Kier molecular flexibility index (Phi) is 11.9. The topological polar surface area (TPSA) is 146 Å². The SMILES string of the molecule is CCC(NC(=O)[C@@]([Si])(CC(C)C)NC(=O)NCc1ccccc1)C(=O)C(=O)NCc1cccc(NC(C)=O)c1. The predicted molar refractivity (Wildman–Crippen MR) is 150 cm³/mol. The first-order valence-corrected chi connectivity index (χ1v) is 13.3. The number of urea groups is 1. The molecule has 3 radical (unpaired) electrons. The van der Waals surface area contributed by atoms with Crippen LogP contribution in [0.3, 0.4) is 0 Å². The molecule has 0 aliphatic heterocycles. The number of rotatable bonds is 13. The van der Waals surface area contributed by atoms with Crippen LogP contribution in [0.1, 0.15) is 51.7 Å². The molecule has 0 aliphatic carbocycles. The molecule has 0 spiro atoms. The van der Waals surface area contributed by atoms with E-state index in [1.807, 2.05) is 44.2 Å². The van der Waals surface area contributed by atoms with Crippen molar-refractivity contribution in [3.63, 3.8) is 0 Å². The highest BCUT2D eigenvalue weighted by Gasteiger charge is 2.38. The van der Waals surface area contributed by atoms with Crippen molar-refractivity contribution in [2.75, 3.05) is 5.32 Å². The van der Waals surface area contributed by atoms with E-state index in [1.165, 1.54) is 6.92 Å². The van der Waals surface area contributed by atoms with E-state index >= 15 is 0 Å². The van der Waals surface area contributed by atoms with Crippen LogP contribution in [0, 0.1) is 5.92 Å². The zero-order valence-electron chi connectivity index (χ0n) is 22.7. The van der Waals surface area contributed by atoms with Gasteiger partial charge in [-0.05, 0) is 42.0 Å². The molecule has 39 heavy (non-hydrogen) atoms. The highest BCUT2D eigenvalue weighted by atomic mass is 28.1. The molecule has 0 saturated heterocycles. The lowest BCUT2D eigenvalue weighted by Crippen LogP contribution is -2.64. The van der Waals surface area contributed by atoms with Crippen molar-refractivity contribution >= 4 is 45.5 Å². The van der Waals surface area contributed by atoms with Crippen molar-refractivity contribution in [2.45, 2.75) is 64.8 Å². The number of carbonyl (C=O) groups excluding carboxylic acids is 5. The minimum Gasteiger partial charge on any atom is -0.345 e. The summed E-state index contributed by atoms with van der Waals surface area (Å²) in [4.78, 5) is 62.7. The second kappa shape index (κ2) is 14.8. The second-order valence-electron chi connectivity index (χ2n) is 9.66. The van der Waals surface area contributed by atoms with Gasteiger partial charge < -0.3 is 26.6 Å². The molecule has 0 heterocycles. The molecule has 2 atom stereocenters. The van der Waals surface area contributed by atoms with Crippen LogP contribution in [0.4, 0.5) is 10.5 Å². The molecule has 1 unspecified atom stereocenters. The summed E-state index contributed by atoms with van der Waals surface area (Å²) < 4.78 is 0. The van der Waals surface area contributed by atoms with E-state index in [2.05, 4.69) is 36.8 Å². The molecule has 2 aromatic rings. The molecular formula is C28H36N5O5Si. The van der Waals surface area contributed by atoms with Crippen molar-refractivity contribution in [3.05, 3.63) is 65.7 Å². The van der Waals surface area contributed by atoms with Crippen molar-refractivity contribution in [2.24, 2.45) is 5.92 Å². The van der Waals surface area contributed by atoms with Gasteiger partial charge in [-0.2, -0.15) is 0 Å². The second-order valence-corrected chi connectivity index (χ2v) is 10.5. The van der Waals surface area contributed by atoms with Gasteiger partial charge in [0.15, 0.2) is 0 Å². The van der Waals surface area contributed by atoms with Crippen LogP contribution in [0.15, 0.2) is 54.6 Å². The third kappa shape index (κ3) is 10.4. The summed E-state index contributed by atoms with van der Waals surface area (Å²) in [6.45, 7) is 7.17. The standard InChI is InChI=1S/C28H36N5O5Si/c1-5-23(24(35)25(36)29-17-21-12-9-13-22(14-21)31-19(4)34)32-26(37)28(39,15-18(2)3)33-27(38)30-16-20-10-7-6-8-11-20/h6-14,18,23H,5,15-17H2,1-4H3,(H,29,36)(H,31,34)(H,32,37)(H2,30,33,38)/t23?,28-/m0/s1. The maximum absolute atomic E-state index is 13.3. The maximum atomic E-state index is 13.3. The Hall–Kier alpha value is -3.99. The van der Waals surface area contributed by atoms with Gasteiger partial charge in [-0.15, -0.1) is 0 Å². The highest BCUT2D eigenvalue weighted by Crippen LogP contribution is 2.15. The van der Waals surface area contributed by atoms with E-state index in [4.69, 9.17) is 0 Å². The maximum Gasteiger partial charge on any atom is 0.315 e. The van der Waals surface area contributed by atoms with Crippen LogP contribution < -0.4 is 26.6 Å². The first-order chi connectivity index (χ1) is 18.4. The Morgan fingerprint density at radius 3 is 2.15 bits per heavy atom. The van der Waals surface area contributed by atoms with Gasteiger partial charge in [0.1, 0.15) is 5.16 Å². The third-order valence-electron chi connectivity index (χ3n) is 5.68. The summed E-state index contributed by atoms with van der Waals surface area (Å²) in [7, 11) is 3.45. The lowest BCUT2D eigenvalue weighted by molar-refractivity contribution is -0.140. The van der Waals surface area contributed by atoms with Gasteiger partial charge in [0.25, 0.3) is 5.91 Å². The number of carbonyl (C=O) groups is 5. The van der Waals surface area contributed by atoms with Crippen molar-refractivity contribution in [1.29, 1.82) is 0 Å². The van der Waals surface area contributed by atoms with E-state index in [9.17, 15) is 24.0 Å². The monoisotopic (exact) mass is 550 g/mol. The van der Waals surface area contributed by atoms with Gasteiger partial charge in [0, 0.05) is 25.7 Å². The molecule has 5 amide bonds. The van der Waals surface area contributed by atoms with Crippen LogP contribution >= 0.6 is 0 Å². The minimum atomic E-state index is -1.51. The number of hydrogen-bond acceptors (Lipinski definition) is 5. The van der Waals surface area contributed by atoms with Crippen molar-refractivity contribution in [1.82, 2.24) is 21.3 Å². The van der Waals surface area contributed by atoms with Crippen molar-refractivity contribution < 1.29 is 24.0 Å². The van der Waals surface area contributed by atoms with Gasteiger partial charge in [0.2, 0.25) is 17.6 Å². The molecule has 0 aromatic heterocycles. The van der Waals surface area contributed by atoms with Gasteiger partial charge in [-0.25, -0.2) is 4.79 Å². The lowest BCUT2D eigenvalue weighted by Gasteiger charge is -2.32. The smallest absolute Gasteiger partial charge is 0.315 e. The number of benzene rings is 2. The average molecular weight is 551 g/mol. The largest absolute Gasteiger partial charge is 0.345 e. The molecule has 0 bridgehead atoms. The summed E-state index contributed by atoms with van der Waals surface area (Å²) in [5.74, 6) is -2.52. The summed E-state index contributed by atoms with van der Waals surface area (Å²) in [6.07, 6.45) is 0.399. The van der Waals surface area contributed by atoms with Gasteiger partial charge in [-0.1, -0.05) is 63.2 Å². The Morgan fingerprint density at radius 2 is 1.54 bits per heavy atom. The Balaban J connectivity index is 2.01. The van der Waals surface area contributed by atoms with Crippen LogP contribution in [-0.4, -0.2) is 51.0 Å². The predicted octanol–water partition coefficient (Wildman–Crippen LogP) is 2.14. The van der Waals surface area contributed by atoms with Gasteiger partial charge in [0.05, 0.1) is 16.3 Å². The molecular weight excluding hydrogens is 514 g/mol. The van der Waals surface area contributed by atoms with Crippen molar-refractivity contribution in [3.8, 4) is 0 Å². The molecule has 2 rings (SSSR count). The number of hydrogen-bond donors (Lipinski definition) is 5. The minimum absolute atomic E-state index is 0.00926. The van der Waals surface area contributed by atoms with E-state index in [0.717, 1.165) is 5.56 Å². The fourth-order valence-corrected chi connectivity index (χ4v) is 4.45. The molecule has 10 nitrogen and oxygen atoms in total. The molecule has 2 aromatic carbocycles. The number of Topliss-reactive ketones (excluding diaryl/α,β-unsaturated/α-hetero) is 1. The Bertz CT molecular complexity index is 1170. The fourth-order valence-electron chi connectivity index (χ4n) is 3.85. The first-order valence-electron chi connectivity index (χ1n) is 12.8. The fraction of sp³-hybridized carbons (Fsp3) is 0.393. The van der Waals surface area contributed by atoms with Gasteiger partial charge in [-0.3, -0.25) is 19.2 Å². The zero-order chi connectivity index (χ0) is 29.0. The average Bonchev–Trinajstić information content (AvgIpc) is 2.88. The molecule has 0 fully saturated rings. The van der Waals surface area contributed by atoms with E-state index in [1.54, 1.807) is 31.2 Å². The molecule has 207 valence electrons. The highest BCUT2D eigenvalue weighted by molar-refractivity contribution is 6.39. The summed E-state index contributed by atoms with van der Waals surface area (Å²) in [5.41, 5.74) is 2.14. The quantitative estimate of drug-likeness (QED) is 0.192. The van der Waals surface area contributed by atoms with E-state index in [0.29, 0.717) is 11.3 Å². The normalized spacial score (nSPS) is 13.0. The van der Waals surface area contributed by atoms with Crippen LogP contribution in [0.2, 0.25) is 0 Å². The Morgan fingerprint density at radius 1 is 0.897 bits per heavy atom. The summed E-state index contributed by atoms with van der Waals surface area (Å²) in [5, 5.41) is 11.7. The lowest BCUT2D eigenvalue weighted by atomic mass is 10.0. The summed E-state index contributed by atoms with van der Waals surface area (Å²) in [6, 6.07) is 14.5. The van der Waals surface area contributed by atoms with Crippen LogP contribution in [0.5, 0.6) is 0 Å². The Labute approximate surface area is 232 Å². The summed E-state index contributed by atoms with van der Waals surface area (Å²) >= 11 is 0. The number of amides is 5. The number of nitrogens with one attached hydrogen (secondary N) is 5. The molecule has 11 heteroatoms. The molecule has 0 aliphatic rings. The van der Waals surface area contributed by atoms with E-state index in [-0.39, 0.29) is 37.8 Å². The van der Waals surface area contributed by atoms with Gasteiger partial charge >= 0.3 is 6.03 Å².